The fraction of sp³-hybridized carbons (Fsp3) is 0.263. The average Bonchev–Trinajstić information content (AvgIpc) is 2.66. The summed E-state index contributed by atoms with van der Waals surface area (Å²) >= 11 is 6.05. The molecule has 1 aliphatic heterocycles. The number of rotatable bonds is 4. The maximum atomic E-state index is 12.1. The van der Waals surface area contributed by atoms with E-state index in [4.69, 9.17) is 25.8 Å². The Balaban J connectivity index is 1.68. The van der Waals surface area contributed by atoms with Gasteiger partial charge in [0.05, 0.1) is 12.8 Å². The Morgan fingerprint density at radius 2 is 2.04 bits per heavy atom. The van der Waals surface area contributed by atoms with Crippen LogP contribution < -0.4 is 10.1 Å². The first-order valence-corrected chi connectivity index (χ1v) is 8.50. The molecule has 1 heterocycles. The third-order valence-corrected chi connectivity index (χ3v) is 4.42. The summed E-state index contributed by atoms with van der Waals surface area (Å²) in [6.45, 7) is 0.0478. The molecule has 0 fully saturated rings. The van der Waals surface area contributed by atoms with E-state index in [-0.39, 0.29) is 6.61 Å². The lowest BCUT2D eigenvalue weighted by Crippen LogP contribution is -2.32. The fourth-order valence-electron chi connectivity index (χ4n) is 2.71. The van der Waals surface area contributed by atoms with E-state index in [1.807, 2.05) is 18.2 Å². The maximum Gasteiger partial charge on any atom is 0.412 e. The van der Waals surface area contributed by atoms with Crippen LogP contribution in [0.5, 0.6) is 5.75 Å². The minimum absolute atomic E-state index is 0.0478. The van der Waals surface area contributed by atoms with Crippen molar-refractivity contribution in [3.8, 4) is 5.75 Å². The lowest BCUT2D eigenvalue weighted by atomic mass is 10.0. The van der Waals surface area contributed by atoms with Gasteiger partial charge in [-0.15, -0.1) is 0 Å². The molecule has 136 valence electrons. The van der Waals surface area contributed by atoms with Crippen molar-refractivity contribution in [2.75, 3.05) is 12.4 Å². The van der Waals surface area contributed by atoms with E-state index in [0.717, 1.165) is 5.56 Å². The van der Waals surface area contributed by atoms with Crippen LogP contribution in [0.1, 0.15) is 17.5 Å². The first-order valence-electron chi connectivity index (χ1n) is 8.12. The second kappa shape index (κ2) is 8.10. The van der Waals surface area contributed by atoms with Gasteiger partial charge in [0.15, 0.2) is 6.10 Å². The molecule has 1 amide bonds. The first-order chi connectivity index (χ1) is 12.6. The van der Waals surface area contributed by atoms with Gasteiger partial charge in [-0.1, -0.05) is 41.9 Å². The number of aryl methyl sites for hydroxylation is 1. The van der Waals surface area contributed by atoms with Crippen LogP contribution in [0.2, 0.25) is 5.02 Å². The van der Waals surface area contributed by atoms with Gasteiger partial charge in [0, 0.05) is 10.6 Å². The molecule has 26 heavy (non-hydrogen) atoms. The zero-order valence-corrected chi connectivity index (χ0v) is 14.9. The van der Waals surface area contributed by atoms with Gasteiger partial charge in [-0.25, -0.2) is 9.59 Å². The highest BCUT2D eigenvalue weighted by molar-refractivity contribution is 6.31. The van der Waals surface area contributed by atoms with Crippen LogP contribution in [0.3, 0.4) is 0 Å². The number of hydrogen-bond acceptors (Lipinski definition) is 5. The monoisotopic (exact) mass is 375 g/mol. The number of benzene rings is 2. The molecule has 0 saturated heterocycles. The van der Waals surface area contributed by atoms with Gasteiger partial charge in [-0.3, -0.25) is 5.32 Å². The number of ether oxygens (including phenoxy) is 3. The van der Waals surface area contributed by atoms with Crippen LogP contribution >= 0.6 is 11.6 Å². The molecular formula is C19H18ClNO5. The molecule has 2 aromatic carbocycles. The van der Waals surface area contributed by atoms with Crippen molar-refractivity contribution in [2.45, 2.75) is 25.6 Å². The third-order valence-electron chi connectivity index (χ3n) is 4.05. The minimum Gasteiger partial charge on any atom is -0.476 e. The number of amides is 1. The summed E-state index contributed by atoms with van der Waals surface area (Å²) < 4.78 is 15.7. The molecule has 1 aliphatic rings. The SMILES string of the molecule is COC(=O)[C@H]1CCc2cccc(NC(=O)OCc3ccccc3Cl)c2O1. The number of halogens is 1. The van der Waals surface area contributed by atoms with Crippen molar-refractivity contribution in [2.24, 2.45) is 0 Å². The predicted octanol–water partition coefficient (Wildman–Crippen LogP) is 3.96. The Morgan fingerprint density at radius 1 is 1.23 bits per heavy atom. The van der Waals surface area contributed by atoms with E-state index in [9.17, 15) is 9.59 Å². The van der Waals surface area contributed by atoms with E-state index >= 15 is 0 Å². The van der Waals surface area contributed by atoms with Crippen molar-refractivity contribution in [1.29, 1.82) is 0 Å². The molecule has 0 bridgehead atoms. The molecule has 1 N–H and O–H groups in total. The van der Waals surface area contributed by atoms with Crippen LogP contribution in [-0.4, -0.2) is 25.3 Å². The Hall–Kier alpha value is -2.73. The molecule has 0 aliphatic carbocycles. The smallest absolute Gasteiger partial charge is 0.412 e. The Labute approximate surface area is 156 Å². The summed E-state index contributed by atoms with van der Waals surface area (Å²) in [7, 11) is 1.32. The predicted molar refractivity (Wildman–Crippen MR) is 96.5 cm³/mol. The number of para-hydroxylation sites is 1. The molecule has 7 heteroatoms. The molecular weight excluding hydrogens is 358 g/mol. The first kappa shape index (κ1) is 18.1. The molecule has 0 saturated carbocycles. The average molecular weight is 376 g/mol. The highest BCUT2D eigenvalue weighted by Crippen LogP contribution is 2.35. The van der Waals surface area contributed by atoms with Crippen molar-refractivity contribution < 1.29 is 23.8 Å². The quantitative estimate of drug-likeness (QED) is 0.819. The lowest BCUT2D eigenvalue weighted by Gasteiger charge is -2.26. The van der Waals surface area contributed by atoms with Crippen molar-refractivity contribution in [1.82, 2.24) is 0 Å². The van der Waals surface area contributed by atoms with Gasteiger partial charge >= 0.3 is 12.1 Å². The Bertz CT molecular complexity index is 823. The van der Waals surface area contributed by atoms with E-state index in [2.05, 4.69) is 5.32 Å². The van der Waals surface area contributed by atoms with Gasteiger partial charge < -0.3 is 14.2 Å². The third kappa shape index (κ3) is 4.08. The van der Waals surface area contributed by atoms with Crippen molar-refractivity contribution in [3.05, 3.63) is 58.6 Å². The van der Waals surface area contributed by atoms with E-state index in [1.165, 1.54) is 7.11 Å². The highest BCUT2D eigenvalue weighted by Gasteiger charge is 2.28. The fourth-order valence-corrected chi connectivity index (χ4v) is 2.90. The van der Waals surface area contributed by atoms with Crippen LogP contribution in [-0.2, 0) is 27.3 Å². The molecule has 0 spiro atoms. The second-order valence-electron chi connectivity index (χ2n) is 5.75. The summed E-state index contributed by atoms with van der Waals surface area (Å²) in [4.78, 5) is 23.9. The maximum absolute atomic E-state index is 12.1. The standard InChI is InChI=1S/C19H18ClNO5/c1-24-18(22)16-10-9-12-6-4-8-15(17(12)26-16)21-19(23)25-11-13-5-2-3-7-14(13)20/h2-8,16H,9-11H2,1H3,(H,21,23)/t16-/m1/s1. The Morgan fingerprint density at radius 3 is 2.81 bits per heavy atom. The normalized spacial score (nSPS) is 15.4. The number of hydrogen-bond donors (Lipinski definition) is 1. The molecule has 3 rings (SSSR count). The number of fused-ring (bicyclic) bond motifs is 1. The van der Waals surface area contributed by atoms with Crippen molar-refractivity contribution in [3.63, 3.8) is 0 Å². The summed E-state index contributed by atoms with van der Waals surface area (Å²) in [5.41, 5.74) is 2.07. The zero-order valence-electron chi connectivity index (χ0n) is 14.2. The largest absolute Gasteiger partial charge is 0.476 e. The molecule has 0 unspecified atom stereocenters. The highest BCUT2D eigenvalue weighted by atomic mass is 35.5. The summed E-state index contributed by atoms with van der Waals surface area (Å²) in [5, 5.41) is 3.19. The summed E-state index contributed by atoms with van der Waals surface area (Å²) in [5.74, 6) is 0.0237. The lowest BCUT2D eigenvalue weighted by molar-refractivity contribution is -0.149. The summed E-state index contributed by atoms with van der Waals surface area (Å²) in [6, 6.07) is 12.5. The van der Waals surface area contributed by atoms with Gasteiger partial charge in [-0.2, -0.15) is 0 Å². The number of esters is 1. The number of carbonyl (C=O) groups excluding carboxylic acids is 2. The van der Waals surface area contributed by atoms with Crippen LogP contribution in [0.15, 0.2) is 42.5 Å². The van der Waals surface area contributed by atoms with E-state index in [0.29, 0.717) is 34.9 Å². The summed E-state index contributed by atoms with van der Waals surface area (Å²) in [6.07, 6.45) is -0.143. The van der Waals surface area contributed by atoms with Gasteiger partial charge in [0.2, 0.25) is 0 Å². The zero-order chi connectivity index (χ0) is 18.5. The number of methoxy groups -OCH3 is 1. The van der Waals surface area contributed by atoms with Gasteiger partial charge in [0.1, 0.15) is 12.4 Å². The second-order valence-corrected chi connectivity index (χ2v) is 6.16. The van der Waals surface area contributed by atoms with Crippen molar-refractivity contribution >= 4 is 29.4 Å². The minimum atomic E-state index is -0.686. The van der Waals surface area contributed by atoms with E-state index in [1.54, 1.807) is 24.3 Å². The van der Waals surface area contributed by atoms with Gasteiger partial charge in [-0.05, 0) is 30.5 Å². The molecule has 2 aromatic rings. The number of anilines is 1. The molecule has 0 radical (unpaired) electrons. The Kier molecular flexibility index (Phi) is 5.63. The van der Waals surface area contributed by atoms with Crippen LogP contribution in [0.4, 0.5) is 10.5 Å². The molecule has 0 aromatic heterocycles. The topological polar surface area (TPSA) is 73.9 Å². The van der Waals surface area contributed by atoms with Gasteiger partial charge in [0.25, 0.3) is 0 Å². The van der Waals surface area contributed by atoms with Crippen LogP contribution in [0.25, 0.3) is 0 Å². The van der Waals surface area contributed by atoms with Crippen LogP contribution in [0, 0.1) is 0 Å². The molecule has 1 atom stereocenters. The molecule has 6 nitrogen and oxygen atoms in total. The number of carbonyl (C=O) groups is 2. The number of nitrogens with one attached hydrogen (secondary N) is 1. The van der Waals surface area contributed by atoms with E-state index < -0.39 is 18.2 Å².